The Kier molecular flexibility index (Phi) is 7.67. The third-order valence-corrected chi connectivity index (χ3v) is 5.25. The number of nitrogens with zero attached hydrogens (tertiary/aromatic N) is 5. The number of hydrogen-bond acceptors (Lipinski definition) is 7. The Morgan fingerprint density at radius 2 is 2.17 bits per heavy atom. The second-order valence-corrected chi connectivity index (χ2v) is 7.44. The number of aromatic amines is 1. The van der Waals surface area contributed by atoms with Crippen LogP contribution in [-0.4, -0.2) is 62.1 Å². The first-order valence-electron chi connectivity index (χ1n) is 10.3. The van der Waals surface area contributed by atoms with Crippen LogP contribution in [0.5, 0.6) is 0 Å². The third kappa shape index (κ3) is 5.10. The molecule has 9 heteroatoms. The minimum Gasteiger partial charge on any atom is -0.396 e. The van der Waals surface area contributed by atoms with E-state index < -0.39 is 0 Å². The van der Waals surface area contributed by atoms with Crippen molar-refractivity contribution in [2.45, 2.75) is 45.8 Å². The molecule has 0 amide bonds. The summed E-state index contributed by atoms with van der Waals surface area (Å²) in [6, 6.07) is 7.84. The molecular formula is C21H30N6O3. The van der Waals surface area contributed by atoms with Crippen LogP contribution >= 0.6 is 0 Å². The Morgan fingerprint density at radius 1 is 1.33 bits per heavy atom. The number of aliphatic hydroxyl groups excluding tert-OH is 1. The first-order chi connectivity index (χ1) is 14.6. The van der Waals surface area contributed by atoms with Crippen molar-refractivity contribution >= 4 is 10.9 Å². The molecule has 0 bridgehead atoms. The van der Waals surface area contributed by atoms with E-state index in [9.17, 15) is 9.90 Å². The molecule has 3 rings (SSSR count). The maximum Gasteiger partial charge on any atom is 0.252 e. The second kappa shape index (κ2) is 10.4. The molecule has 0 saturated carbocycles. The summed E-state index contributed by atoms with van der Waals surface area (Å²) in [5, 5.41) is 22.6. The summed E-state index contributed by atoms with van der Waals surface area (Å²) in [4.78, 5) is 17.9. The molecule has 3 aromatic rings. The Bertz CT molecular complexity index is 1020. The van der Waals surface area contributed by atoms with Crippen LogP contribution in [0.2, 0.25) is 0 Å². The van der Waals surface area contributed by atoms with Gasteiger partial charge in [-0.05, 0) is 53.8 Å². The van der Waals surface area contributed by atoms with Crippen molar-refractivity contribution in [3.8, 4) is 0 Å². The van der Waals surface area contributed by atoms with Gasteiger partial charge in [-0.2, -0.15) is 0 Å². The molecule has 0 fully saturated rings. The standard InChI is InChI=1S/C21H30N6O3/c1-4-19(20-23-24-25-27(20)9-11-30-3)26(8-5-10-28)14-17-13-16-12-15(2)6-7-18(16)22-21(17)29/h6-7,12-13,19,28H,4-5,8-11,14H2,1-3H3,(H,22,29)/t19-/m1/s1. The van der Waals surface area contributed by atoms with E-state index in [0.717, 1.165) is 28.7 Å². The number of hydrogen-bond donors (Lipinski definition) is 2. The Morgan fingerprint density at radius 3 is 2.90 bits per heavy atom. The molecular weight excluding hydrogens is 384 g/mol. The predicted molar refractivity (Wildman–Crippen MR) is 114 cm³/mol. The van der Waals surface area contributed by atoms with Crippen LogP contribution < -0.4 is 5.56 Å². The molecule has 2 N–H and O–H groups in total. The van der Waals surface area contributed by atoms with Gasteiger partial charge < -0.3 is 14.8 Å². The molecule has 0 aliphatic rings. The molecule has 0 radical (unpaired) electrons. The van der Waals surface area contributed by atoms with Crippen molar-refractivity contribution in [1.82, 2.24) is 30.1 Å². The fourth-order valence-electron chi connectivity index (χ4n) is 3.72. The van der Waals surface area contributed by atoms with E-state index in [1.807, 2.05) is 25.1 Å². The van der Waals surface area contributed by atoms with Crippen LogP contribution in [0.4, 0.5) is 0 Å². The molecule has 162 valence electrons. The Balaban J connectivity index is 1.93. The SMILES string of the molecule is CC[C@H](c1nnnn1CCOC)N(CCCO)Cc1cc2cc(C)ccc2[nH]c1=O. The maximum atomic E-state index is 12.7. The highest BCUT2D eigenvalue weighted by Crippen LogP contribution is 2.24. The van der Waals surface area contributed by atoms with Gasteiger partial charge in [-0.3, -0.25) is 9.69 Å². The van der Waals surface area contributed by atoms with Crippen LogP contribution in [0.3, 0.4) is 0 Å². The zero-order valence-electron chi connectivity index (χ0n) is 17.8. The van der Waals surface area contributed by atoms with E-state index in [1.165, 1.54) is 0 Å². The summed E-state index contributed by atoms with van der Waals surface area (Å²) in [5.74, 6) is 0.737. The van der Waals surface area contributed by atoms with Crippen molar-refractivity contribution < 1.29 is 9.84 Å². The Labute approximate surface area is 175 Å². The average Bonchev–Trinajstić information content (AvgIpc) is 3.19. The van der Waals surface area contributed by atoms with Crippen LogP contribution in [0, 0.1) is 6.92 Å². The largest absolute Gasteiger partial charge is 0.396 e. The summed E-state index contributed by atoms with van der Waals surface area (Å²) in [6.45, 7) is 6.31. The molecule has 0 spiro atoms. The quantitative estimate of drug-likeness (QED) is 0.492. The van der Waals surface area contributed by atoms with Gasteiger partial charge >= 0.3 is 0 Å². The van der Waals surface area contributed by atoms with Crippen LogP contribution in [-0.2, 0) is 17.8 Å². The van der Waals surface area contributed by atoms with Crippen LogP contribution in [0.1, 0.15) is 42.8 Å². The van der Waals surface area contributed by atoms with E-state index in [1.54, 1.807) is 11.8 Å². The number of H-pyrrole nitrogens is 1. The van der Waals surface area contributed by atoms with Gasteiger partial charge in [-0.1, -0.05) is 18.6 Å². The smallest absolute Gasteiger partial charge is 0.252 e. The monoisotopic (exact) mass is 414 g/mol. The van der Waals surface area contributed by atoms with Gasteiger partial charge in [0.05, 0.1) is 19.2 Å². The lowest BCUT2D eigenvalue weighted by Crippen LogP contribution is -2.34. The number of benzene rings is 1. The van der Waals surface area contributed by atoms with E-state index >= 15 is 0 Å². The van der Waals surface area contributed by atoms with Gasteiger partial charge in [0.1, 0.15) is 0 Å². The normalized spacial score (nSPS) is 12.7. The lowest BCUT2D eigenvalue weighted by Gasteiger charge is -2.30. The van der Waals surface area contributed by atoms with E-state index in [-0.39, 0.29) is 18.2 Å². The molecule has 1 aromatic carbocycles. The van der Waals surface area contributed by atoms with Crippen molar-refractivity contribution in [2.24, 2.45) is 0 Å². The second-order valence-electron chi connectivity index (χ2n) is 7.44. The third-order valence-electron chi connectivity index (χ3n) is 5.25. The average molecular weight is 415 g/mol. The van der Waals surface area contributed by atoms with E-state index in [4.69, 9.17) is 4.74 Å². The number of methoxy groups -OCH3 is 1. The summed E-state index contributed by atoms with van der Waals surface area (Å²) in [7, 11) is 1.64. The number of ether oxygens (including phenoxy) is 1. The molecule has 0 unspecified atom stereocenters. The number of aliphatic hydroxyl groups is 1. The number of rotatable bonds is 11. The zero-order chi connectivity index (χ0) is 21.5. The highest BCUT2D eigenvalue weighted by atomic mass is 16.5. The lowest BCUT2D eigenvalue weighted by atomic mass is 10.1. The Hall–Kier alpha value is -2.62. The minimum absolute atomic E-state index is 0.0782. The van der Waals surface area contributed by atoms with Crippen molar-refractivity contribution in [3.05, 3.63) is 51.6 Å². The number of pyridine rings is 1. The minimum atomic E-state index is -0.103. The number of fused-ring (bicyclic) bond motifs is 1. The number of aryl methyl sites for hydroxylation is 1. The molecule has 0 aliphatic carbocycles. The molecule has 30 heavy (non-hydrogen) atoms. The first kappa shape index (κ1) is 22.1. The molecule has 9 nitrogen and oxygen atoms in total. The molecule has 1 atom stereocenters. The lowest BCUT2D eigenvalue weighted by molar-refractivity contribution is 0.145. The summed E-state index contributed by atoms with van der Waals surface area (Å²) >= 11 is 0. The van der Waals surface area contributed by atoms with E-state index in [2.05, 4.69) is 38.4 Å². The zero-order valence-corrected chi connectivity index (χ0v) is 17.8. The summed E-state index contributed by atoms with van der Waals surface area (Å²) in [5.41, 5.74) is 2.54. The highest BCUT2D eigenvalue weighted by molar-refractivity contribution is 5.79. The van der Waals surface area contributed by atoms with Crippen molar-refractivity contribution in [2.75, 3.05) is 26.9 Å². The van der Waals surface area contributed by atoms with Crippen molar-refractivity contribution in [3.63, 3.8) is 0 Å². The molecule has 2 heterocycles. The summed E-state index contributed by atoms with van der Waals surface area (Å²) in [6.07, 6.45) is 1.37. The van der Waals surface area contributed by atoms with Gasteiger partial charge in [0.2, 0.25) is 0 Å². The van der Waals surface area contributed by atoms with Gasteiger partial charge in [-0.15, -0.1) is 5.10 Å². The number of aromatic nitrogens is 5. The number of tetrazole rings is 1. The van der Waals surface area contributed by atoms with Gasteiger partial charge in [0.15, 0.2) is 5.82 Å². The van der Waals surface area contributed by atoms with Gasteiger partial charge in [-0.25, -0.2) is 4.68 Å². The van der Waals surface area contributed by atoms with Gasteiger partial charge in [0, 0.05) is 37.9 Å². The fraction of sp³-hybridized carbons (Fsp3) is 0.524. The predicted octanol–water partition coefficient (Wildman–Crippen LogP) is 1.81. The van der Waals surface area contributed by atoms with Gasteiger partial charge in [0.25, 0.3) is 5.56 Å². The summed E-state index contributed by atoms with van der Waals surface area (Å²) < 4.78 is 6.91. The van der Waals surface area contributed by atoms with Crippen LogP contribution in [0.15, 0.2) is 29.1 Å². The fourth-order valence-corrected chi connectivity index (χ4v) is 3.72. The maximum absolute atomic E-state index is 12.7. The molecule has 0 saturated heterocycles. The topological polar surface area (TPSA) is 109 Å². The van der Waals surface area contributed by atoms with Crippen molar-refractivity contribution in [1.29, 1.82) is 0 Å². The first-order valence-corrected chi connectivity index (χ1v) is 10.3. The van der Waals surface area contributed by atoms with E-state index in [0.29, 0.717) is 38.2 Å². The molecule has 2 aromatic heterocycles. The number of nitrogens with one attached hydrogen (secondary N) is 1. The van der Waals surface area contributed by atoms with Crippen LogP contribution in [0.25, 0.3) is 10.9 Å². The highest BCUT2D eigenvalue weighted by Gasteiger charge is 2.25. The molecule has 0 aliphatic heterocycles.